The van der Waals surface area contributed by atoms with Gasteiger partial charge >= 0.3 is 0 Å². The van der Waals surface area contributed by atoms with E-state index in [9.17, 15) is 0 Å². The number of pyridine rings is 1. The normalized spacial score (nSPS) is 13.2. The quantitative estimate of drug-likeness (QED) is 0.668. The second-order valence-electron chi connectivity index (χ2n) is 6.00. The lowest BCUT2D eigenvalue weighted by Crippen LogP contribution is -2.12. The Morgan fingerprint density at radius 2 is 1.83 bits per heavy atom. The third-order valence-electron chi connectivity index (χ3n) is 4.00. The van der Waals surface area contributed by atoms with Crippen molar-refractivity contribution in [3.05, 3.63) is 70.5 Å². The van der Waals surface area contributed by atoms with Crippen LogP contribution in [0.25, 0.3) is 5.69 Å². The van der Waals surface area contributed by atoms with Crippen molar-refractivity contribution in [3.63, 3.8) is 0 Å². The van der Waals surface area contributed by atoms with E-state index in [-0.39, 0.29) is 5.92 Å². The van der Waals surface area contributed by atoms with E-state index in [4.69, 9.17) is 16.6 Å². The molecule has 6 heteroatoms. The molecule has 24 heavy (non-hydrogen) atoms. The van der Waals surface area contributed by atoms with Gasteiger partial charge in [0.25, 0.3) is 0 Å². The summed E-state index contributed by atoms with van der Waals surface area (Å²) in [4.78, 5) is 9.33. The summed E-state index contributed by atoms with van der Waals surface area (Å²) in [6.07, 6.45) is 0. The lowest BCUT2D eigenvalue weighted by Gasteiger charge is -2.14. The van der Waals surface area contributed by atoms with E-state index in [0.29, 0.717) is 11.7 Å². The zero-order chi connectivity index (χ0) is 16.7. The third kappa shape index (κ3) is 2.41. The summed E-state index contributed by atoms with van der Waals surface area (Å²) in [5, 5.41) is 9.12. The lowest BCUT2D eigenvalue weighted by molar-refractivity contribution is 0.736. The minimum Gasteiger partial charge on any atom is -0.279 e. The number of rotatable bonds is 2. The fourth-order valence-electron chi connectivity index (χ4n) is 2.90. The SMILES string of the molecule is CC(C)c1nnc2n1-c1ccc(Cl)nc1C(c1ccccc1)=NC2. The summed E-state index contributed by atoms with van der Waals surface area (Å²) in [5.41, 5.74) is 3.52. The van der Waals surface area contributed by atoms with Gasteiger partial charge in [0.1, 0.15) is 23.2 Å². The van der Waals surface area contributed by atoms with E-state index >= 15 is 0 Å². The van der Waals surface area contributed by atoms with Crippen molar-refractivity contribution in [1.29, 1.82) is 0 Å². The number of benzene rings is 1. The molecule has 0 atom stereocenters. The van der Waals surface area contributed by atoms with E-state index in [1.54, 1.807) is 6.07 Å². The Kier molecular flexibility index (Phi) is 3.65. The van der Waals surface area contributed by atoms with Gasteiger partial charge in [0.2, 0.25) is 0 Å². The Morgan fingerprint density at radius 1 is 1.04 bits per heavy atom. The van der Waals surface area contributed by atoms with Crippen LogP contribution in [0.15, 0.2) is 47.5 Å². The molecule has 0 unspecified atom stereocenters. The van der Waals surface area contributed by atoms with Crippen molar-refractivity contribution >= 4 is 17.3 Å². The Labute approximate surface area is 145 Å². The maximum atomic E-state index is 6.18. The molecule has 0 saturated carbocycles. The van der Waals surface area contributed by atoms with E-state index in [1.165, 1.54) is 0 Å². The minimum atomic E-state index is 0.244. The second kappa shape index (κ2) is 5.83. The summed E-state index contributed by atoms with van der Waals surface area (Å²) in [6, 6.07) is 13.8. The summed E-state index contributed by atoms with van der Waals surface area (Å²) in [6.45, 7) is 4.66. The van der Waals surface area contributed by atoms with Crippen molar-refractivity contribution in [2.45, 2.75) is 26.3 Å². The fourth-order valence-corrected chi connectivity index (χ4v) is 3.05. The van der Waals surface area contributed by atoms with Crippen LogP contribution in [-0.4, -0.2) is 25.5 Å². The van der Waals surface area contributed by atoms with Gasteiger partial charge in [0, 0.05) is 11.5 Å². The maximum absolute atomic E-state index is 6.18. The molecule has 3 aromatic rings. The molecule has 3 heterocycles. The summed E-state index contributed by atoms with van der Waals surface area (Å²) < 4.78 is 2.06. The van der Waals surface area contributed by atoms with Gasteiger partial charge in [-0.05, 0) is 12.1 Å². The summed E-state index contributed by atoms with van der Waals surface area (Å²) in [5.74, 6) is 1.96. The molecule has 0 amide bonds. The van der Waals surface area contributed by atoms with Crippen LogP contribution in [-0.2, 0) is 6.54 Å². The monoisotopic (exact) mass is 337 g/mol. The predicted molar refractivity (Wildman–Crippen MR) is 94.0 cm³/mol. The topological polar surface area (TPSA) is 56.0 Å². The minimum absolute atomic E-state index is 0.244. The number of nitrogens with zero attached hydrogens (tertiary/aromatic N) is 5. The lowest BCUT2D eigenvalue weighted by atomic mass is 10.1. The van der Waals surface area contributed by atoms with E-state index in [1.807, 2.05) is 36.4 Å². The van der Waals surface area contributed by atoms with Crippen LogP contribution in [0.2, 0.25) is 5.15 Å². The van der Waals surface area contributed by atoms with Crippen LogP contribution < -0.4 is 0 Å². The van der Waals surface area contributed by atoms with Crippen LogP contribution >= 0.6 is 11.6 Å². The molecule has 2 aromatic heterocycles. The highest BCUT2D eigenvalue weighted by Gasteiger charge is 2.25. The molecular formula is C18H16ClN5. The molecule has 1 aliphatic rings. The van der Waals surface area contributed by atoms with Crippen LogP contribution in [0.4, 0.5) is 0 Å². The molecule has 0 fully saturated rings. The van der Waals surface area contributed by atoms with Gasteiger partial charge in [0.15, 0.2) is 5.82 Å². The molecule has 0 N–H and O–H groups in total. The predicted octanol–water partition coefficient (Wildman–Crippen LogP) is 3.79. The highest BCUT2D eigenvalue weighted by Crippen LogP contribution is 2.28. The average molecular weight is 338 g/mol. The van der Waals surface area contributed by atoms with Crippen molar-refractivity contribution in [1.82, 2.24) is 19.7 Å². The molecule has 0 aliphatic carbocycles. The van der Waals surface area contributed by atoms with Gasteiger partial charge in [-0.3, -0.25) is 9.56 Å². The summed E-state index contributed by atoms with van der Waals surface area (Å²) in [7, 11) is 0. The number of fused-ring (bicyclic) bond motifs is 3. The molecule has 4 rings (SSSR count). The first kappa shape index (κ1) is 15.0. The number of hydrogen-bond acceptors (Lipinski definition) is 4. The van der Waals surface area contributed by atoms with Crippen molar-refractivity contribution in [3.8, 4) is 5.69 Å². The van der Waals surface area contributed by atoms with Crippen LogP contribution in [0, 0.1) is 0 Å². The number of halogens is 1. The summed E-state index contributed by atoms with van der Waals surface area (Å²) >= 11 is 6.18. The standard InChI is InChI=1S/C18H16ClN5/c1-11(2)18-23-22-15-10-20-16(12-6-4-3-5-7-12)17-13(24(15)18)8-9-14(19)21-17/h3-9,11H,10H2,1-2H3. The smallest absolute Gasteiger partial charge is 0.159 e. The second-order valence-corrected chi connectivity index (χ2v) is 6.38. The molecule has 1 aliphatic heterocycles. The zero-order valence-electron chi connectivity index (χ0n) is 13.4. The molecule has 0 radical (unpaired) electrons. The zero-order valence-corrected chi connectivity index (χ0v) is 14.2. The molecule has 0 saturated heterocycles. The van der Waals surface area contributed by atoms with Gasteiger partial charge < -0.3 is 0 Å². The van der Waals surface area contributed by atoms with E-state index < -0.39 is 0 Å². The average Bonchev–Trinajstić information content (AvgIpc) is 2.94. The molecular weight excluding hydrogens is 322 g/mol. The van der Waals surface area contributed by atoms with Gasteiger partial charge in [-0.25, -0.2) is 4.98 Å². The molecule has 0 bridgehead atoms. The van der Waals surface area contributed by atoms with Gasteiger partial charge in [0.05, 0.1) is 11.4 Å². The van der Waals surface area contributed by atoms with Crippen LogP contribution in [0.1, 0.15) is 42.7 Å². The third-order valence-corrected chi connectivity index (χ3v) is 4.21. The molecule has 0 spiro atoms. The number of hydrogen-bond donors (Lipinski definition) is 0. The van der Waals surface area contributed by atoms with E-state index in [0.717, 1.165) is 34.3 Å². The molecule has 5 nitrogen and oxygen atoms in total. The van der Waals surface area contributed by atoms with Crippen LogP contribution in [0.3, 0.4) is 0 Å². The maximum Gasteiger partial charge on any atom is 0.159 e. The molecule has 120 valence electrons. The van der Waals surface area contributed by atoms with Crippen molar-refractivity contribution in [2.75, 3.05) is 0 Å². The largest absolute Gasteiger partial charge is 0.279 e. The Hall–Kier alpha value is -2.53. The highest BCUT2D eigenvalue weighted by atomic mass is 35.5. The first-order valence-electron chi connectivity index (χ1n) is 7.86. The van der Waals surface area contributed by atoms with Crippen LogP contribution in [0.5, 0.6) is 0 Å². The van der Waals surface area contributed by atoms with Crippen molar-refractivity contribution < 1.29 is 0 Å². The van der Waals surface area contributed by atoms with E-state index in [2.05, 4.69) is 33.6 Å². The first-order valence-corrected chi connectivity index (χ1v) is 8.24. The molecule has 1 aromatic carbocycles. The fraction of sp³-hybridized carbons (Fsp3) is 0.222. The number of aliphatic imine (C=N–C) groups is 1. The first-order chi connectivity index (χ1) is 11.6. The highest BCUT2D eigenvalue weighted by molar-refractivity contribution is 6.29. The number of aromatic nitrogens is 4. The Morgan fingerprint density at radius 3 is 2.58 bits per heavy atom. The van der Waals surface area contributed by atoms with Gasteiger partial charge in [-0.15, -0.1) is 10.2 Å². The Balaban J connectivity index is 1.99. The van der Waals surface area contributed by atoms with Gasteiger partial charge in [-0.2, -0.15) is 0 Å². The Bertz CT molecular complexity index is 928. The van der Waals surface area contributed by atoms with Crippen molar-refractivity contribution in [2.24, 2.45) is 4.99 Å². The van der Waals surface area contributed by atoms with Gasteiger partial charge in [-0.1, -0.05) is 55.8 Å².